The highest BCUT2D eigenvalue weighted by molar-refractivity contribution is 5.95. The highest BCUT2D eigenvalue weighted by Gasteiger charge is 2.13. The fraction of sp³-hybridized carbons (Fsp3) is 0.167. The number of pyridine rings is 1. The molecule has 0 spiro atoms. The van der Waals surface area contributed by atoms with E-state index in [1.165, 1.54) is 0 Å². The Morgan fingerprint density at radius 2 is 1.93 bits per heavy atom. The van der Waals surface area contributed by atoms with Crippen LogP contribution in [0.1, 0.15) is 11.1 Å². The molecule has 29 heavy (non-hydrogen) atoms. The molecular weight excluding hydrogens is 364 g/mol. The van der Waals surface area contributed by atoms with Gasteiger partial charge in [-0.05, 0) is 42.8 Å². The lowest BCUT2D eigenvalue weighted by Crippen LogP contribution is -2.15. The lowest BCUT2D eigenvalue weighted by molar-refractivity contribution is -0.115. The standard InChI is InChI=1S/C24H22N2O3/c1-4-14-29-21-12-11-19(16-22(21)28-3)24-20(6-5-13-25-24)26-23(27)15-18-9-7-17(2)8-10-18/h1,5-13,16H,14-15H2,2-3H3,(H,26,27). The van der Waals surface area contributed by atoms with Crippen molar-refractivity contribution in [3.05, 3.63) is 71.9 Å². The Bertz CT molecular complexity index is 1040. The van der Waals surface area contributed by atoms with Gasteiger partial charge in [-0.25, -0.2) is 0 Å². The normalized spacial score (nSPS) is 10.1. The number of anilines is 1. The number of carbonyl (C=O) groups excluding carboxylic acids is 1. The lowest BCUT2D eigenvalue weighted by Gasteiger charge is -2.13. The van der Waals surface area contributed by atoms with Crippen LogP contribution in [0.3, 0.4) is 0 Å². The number of terminal acetylenes is 1. The van der Waals surface area contributed by atoms with Gasteiger partial charge in [0.25, 0.3) is 0 Å². The summed E-state index contributed by atoms with van der Waals surface area (Å²) in [6.07, 6.45) is 7.22. The summed E-state index contributed by atoms with van der Waals surface area (Å²) < 4.78 is 10.9. The number of carbonyl (C=O) groups is 1. The van der Waals surface area contributed by atoms with Crippen LogP contribution in [0.25, 0.3) is 11.3 Å². The third-order valence-electron chi connectivity index (χ3n) is 4.32. The molecule has 0 aliphatic rings. The number of nitrogens with zero attached hydrogens (tertiary/aromatic N) is 1. The Labute approximate surface area is 170 Å². The first-order chi connectivity index (χ1) is 14.1. The van der Waals surface area contributed by atoms with Crippen molar-refractivity contribution < 1.29 is 14.3 Å². The molecule has 0 fully saturated rings. The summed E-state index contributed by atoms with van der Waals surface area (Å²) in [5.74, 6) is 3.42. The summed E-state index contributed by atoms with van der Waals surface area (Å²) in [6.45, 7) is 2.17. The fourth-order valence-corrected chi connectivity index (χ4v) is 2.88. The quantitative estimate of drug-likeness (QED) is 0.617. The predicted octanol–water partition coefficient (Wildman–Crippen LogP) is 4.26. The number of aryl methyl sites for hydroxylation is 1. The van der Waals surface area contributed by atoms with E-state index < -0.39 is 0 Å². The summed E-state index contributed by atoms with van der Waals surface area (Å²) in [5.41, 5.74) is 4.18. The smallest absolute Gasteiger partial charge is 0.228 e. The molecule has 5 nitrogen and oxygen atoms in total. The minimum Gasteiger partial charge on any atom is -0.493 e. The number of nitrogens with one attached hydrogen (secondary N) is 1. The van der Waals surface area contributed by atoms with Gasteiger partial charge in [0, 0.05) is 11.8 Å². The molecule has 1 N–H and O–H groups in total. The van der Waals surface area contributed by atoms with Crippen LogP contribution in [0.15, 0.2) is 60.8 Å². The van der Waals surface area contributed by atoms with Crippen molar-refractivity contribution in [2.24, 2.45) is 0 Å². The molecular formula is C24H22N2O3. The van der Waals surface area contributed by atoms with Crippen LogP contribution in [0.5, 0.6) is 11.5 Å². The Morgan fingerprint density at radius 3 is 2.66 bits per heavy atom. The molecule has 0 saturated carbocycles. The SMILES string of the molecule is C#CCOc1ccc(-c2ncccc2NC(=O)Cc2ccc(C)cc2)cc1OC. The van der Waals surface area contributed by atoms with Crippen molar-refractivity contribution >= 4 is 11.6 Å². The number of ether oxygens (including phenoxy) is 2. The van der Waals surface area contributed by atoms with Crippen LogP contribution in [-0.2, 0) is 11.2 Å². The van der Waals surface area contributed by atoms with Crippen molar-refractivity contribution in [2.75, 3.05) is 19.0 Å². The molecule has 2 aromatic carbocycles. The van der Waals surface area contributed by atoms with Gasteiger partial charge in [0.1, 0.15) is 6.61 Å². The molecule has 0 saturated heterocycles. The fourth-order valence-electron chi connectivity index (χ4n) is 2.88. The molecule has 0 unspecified atom stereocenters. The summed E-state index contributed by atoms with van der Waals surface area (Å²) in [4.78, 5) is 17.0. The number of hydrogen-bond acceptors (Lipinski definition) is 4. The minimum atomic E-state index is -0.107. The van der Waals surface area contributed by atoms with Crippen LogP contribution in [0, 0.1) is 19.3 Å². The first kappa shape index (κ1) is 20.0. The lowest BCUT2D eigenvalue weighted by atomic mass is 10.1. The zero-order valence-corrected chi connectivity index (χ0v) is 16.4. The third kappa shape index (κ3) is 5.14. The van der Waals surface area contributed by atoms with Gasteiger partial charge in [-0.1, -0.05) is 35.7 Å². The third-order valence-corrected chi connectivity index (χ3v) is 4.32. The molecule has 0 atom stereocenters. The zero-order valence-electron chi connectivity index (χ0n) is 16.4. The van der Waals surface area contributed by atoms with Gasteiger partial charge < -0.3 is 14.8 Å². The molecule has 3 rings (SSSR count). The van der Waals surface area contributed by atoms with Crippen LogP contribution in [0.4, 0.5) is 5.69 Å². The van der Waals surface area contributed by atoms with Crippen molar-refractivity contribution in [1.82, 2.24) is 4.98 Å². The monoisotopic (exact) mass is 386 g/mol. The van der Waals surface area contributed by atoms with E-state index in [4.69, 9.17) is 15.9 Å². The Balaban J connectivity index is 1.82. The minimum absolute atomic E-state index is 0.107. The van der Waals surface area contributed by atoms with Gasteiger partial charge in [-0.3, -0.25) is 9.78 Å². The molecule has 0 aliphatic carbocycles. The van der Waals surface area contributed by atoms with Crippen LogP contribution in [0.2, 0.25) is 0 Å². The van der Waals surface area contributed by atoms with E-state index >= 15 is 0 Å². The first-order valence-electron chi connectivity index (χ1n) is 9.16. The summed E-state index contributed by atoms with van der Waals surface area (Å²) >= 11 is 0. The molecule has 1 amide bonds. The molecule has 1 aromatic heterocycles. The largest absolute Gasteiger partial charge is 0.493 e. The highest BCUT2D eigenvalue weighted by atomic mass is 16.5. The topological polar surface area (TPSA) is 60.5 Å². The Hall–Kier alpha value is -3.78. The van der Waals surface area contributed by atoms with Gasteiger partial charge in [0.15, 0.2) is 11.5 Å². The number of aromatic nitrogens is 1. The van der Waals surface area contributed by atoms with E-state index in [1.807, 2.05) is 49.4 Å². The molecule has 3 aromatic rings. The second kappa shape index (κ2) is 9.43. The Kier molecular flexibility index (Phi) is 6.49. The van der Waals surface area contributed by atoms with E-state index in [-0.39, 0.29) is 18.9 Å². The average molecular weight is 386 g/mol. The van der Waals surface area contributed by atoms with Crippen LogP contribution < -0.4 is 14.8 Å². The molecule has 146 valence electrons. The van der Waals surface area contributed by atoms with Crippen LogP contribution in [-0.4, -0.2) is 24.6 Å². The number of benzene rings is 2. The van der Waals surface area contributed by atoms with E-state index in [0.717, 1.165) is 16.7 Å². The first-order valence-corrected chi connectivity index (χ1v) is 9.16. The zero-order chi connectivity index (χ0) is 20.6. The van der Waals surface area contributed by atoms with E-state index in [2.05, 4.69) is 16.2 Å². The Morgan fingerprint density at radius 1 is 1.14 bits per heavy atom. The van der Waals surface area contributed by atoms with Gasteiger partial charge in [-0.15, -0.1) is 6.42 Å². The van der Waals surface area contributed by atoms with E-state index in [1.54, 1.807) is 25.4 Å². The van der Waals surface area contributed by atoms with Crippen molar-refractivity contribution in [3.63, 3.8) is 0 Å². The predicted molar refractivity (Wildman–Crippen MR) is 114 cm³/mol. The van der Waals surface area contributed by atoms with E-state index in [9.17, 15) is 4.79 Å². The number of rotatable bonds is 7. The molecule has 0 bridgehead atoms. The molecule has 1 heterocycles. The molecule has 5 heteroatoms. The summed E-state index contributed by atoms with van der Waals surface area (Å²) in [5, 5.41) is 2.96. The maximum atomic E-state index is 12.5. The number of hydrogen-bond donors (Lipinski definition) is 1. The number of amides is 1. The second-order valence-electron chi connectivity index (χ2n) is 6.47. The highest BCUT2D eigenvalue weighted by Crippen LogP contribution is 2.34. The van der Waals surface area contributed by atoms with Crippen molar-refractivity contribution in [1.29, 1.82) is 0 Å². The van der Waals surface area contributed by atoms with E-state index in [0.29, 0.717) is 22.9 Å². The van der Waals surface area contributed by atoms with Gasteiger partial charge in [0.05, 0.1) is 24.9 Å². The molecule has 0 aliphatic heterocycles. The van der Waals surface area contributed by atoms with Gasteiger partial charge in [0.2, 0.25) is 5.91 Å². The maximum absolute atomic E-state index is 12.5. The maximum Gasteiger partial charge on any atom is 0.228 e. The van der Waals surface area contributed by atoms with Crippen LogP contribution >= 0.6 is 0 Å². The van der Waals surface area contributed by atoms with Gasteiger partial charge in [-0.2, -0.15) is 0 Å². The second-order valence-corrected chi connectivity index (χ2v) is 6.47. The van der Waals surface area contributed by atoms with Crippen molar-refractivity contribution in [3.8, 4) is 35.1 Å². The van der Waals surface area contributed by atoms with Gasteiger partial charge >= 0.3 is 0 Å². The molecule has 0 radical (unpaired) electrons. The average Bonchev–Trinajstić information content (AvgIpc) is 2.74. The van der Waals surface area contributed by atoms with Crippen molar-refractivity contribution in [2.45, 2.75) is 13.3 Å². The summed E-state index contributed by atoms with van der Waals surface area (Å²) in [7, 11) is 1.56. The summed E-state index contributed by atoms with van der Waals surface area (Å²) in [6, 6.07) is 16.9. The number of methoxy groups -OCH3 is 1.